The van der Waals surface area contributed by atoms with Crippen LogP contribution in [0.3, 0.4) is 0 Å². The molecule has 0 bridgehead atoms. The number of hydrogen-bond donors (Lipinski definition) is 2. The molecule has 5 nitrogen and oxygen atoms in total. The van der Waals surface area contributed by atoms with Crippen LogP contribution in [0.4, 0.5) is 0 Å². The Kier molecular flexibility index (Phi) is 4.71. The van der Waals surface area contributed by atoms with Crippen molar-refractivity contribution in [2.24, 2.45) is 0 Å². The summed E-state index contributed by atoms with van der Waals surface area (Å²) in [7, 11) is 0. The highest BCUT2D eigenvalue weighted by Gasteiger charge is 2.41. The average Bonchev–Trinajstić information content (AvgIpc) is 3.09. The minimum Gasteiger partial charge on any atom is -0.376 e. The fourth-order valence-corrected chi connectivity index (χ4v) is 3.76. The van der Waals surface area contributed by atoms with E-state index in [4.69, 9.17) is 4.74 Å². The first-order chi connectivity index (χ1) is 11.5. The predicted octanol–water partition coefficient (Wildman–Crippen LogP) is 3.06. The maximum Gasteiger partial charge on any atom is 0.269 e. The Labute approximate surface area is 142 Å². The summed E-state index contributed by atoms with van der Waals surface area (Å²) in [6, 6.07) is 10.6. The van der Waals surface area contributed by atoms with Crippen molar-refractivity contribution in [2.45, 2.75) is 44.1 Å². The maximum absolute atomic E-state index is 12.1. The van der Waals surface area contributed by atoms with Gasteiger partial charge in [0.2, 0.25) is 0 Å². The Morgan fingerprint density at radius 2 is 2.12 bits per heavy atom. The zero-order valence-electron chi connectivity index (χ0n) is 14.3. The summed E-state index contributed by atoms with van der Waals surface area (Å²) >= 11 is 0. The van der Waals surface area contributed by atoms with Gasteiger partial charge in [0.15, 0.2) is 0 Å². The predicted molar refractivity (Wildman–Crippen MR) is 92.9 cm³/mol. The first-order valence-electron chi connectivity index (χ1n) is 8.47. The monoisotopic (exact) mass is 327 g/mol. The molecule has 2 N–H and O–H groups in total. The van der Waals surface area contributed by atoms with Crippen molar-refractivity contribution < 1.29 is 9.53 Å². The molecular formula is C19H25N3O2. The number of aromatic nitrogens is 2. The van der Waals surface area contributed by atoms with Gasteiger partial charge in [-0.2, -0.15) is 0 Å². The van der Waals surface area contributed by atoms with Crippen molar-refractivity contribution in [2.75, 3.05) is 13.2 Å². The molecule has 1 aliphatic rings. The van der Waals surface area contributed by atoms with Gasteiger partial charge in [-0.25, -0.2) is 4.98 Å². The number of rotatable bonds is 5. The van der Waals surface area contributed by atoms with Crippen LogP contribution < -0.4 is 5.32 Å². The second-order valence-electron chi connectivity index (χ2n) is 7.15. The number of nitrogens with one attached hydrogen (secondary N) is 2. The van der Waals surface area contributed by atoms with E-state index in [9.17, 15) is 4.79 Å². The number of benzene rings is 1. The zero-order chi connectivity index (χ0) is 17.0. The van der Waals surface area contributed by atoms with Crippen LogP contribution in [0.15, 0.2) is 42.9 Å². The molecule has 1 aromatic carbocycles. The van der Waals surface area contributed by atoms with Gasteiger partial charge >= 0.3 is 0 Å². The molecular weight excluding hydrogens is 302 g/mol. The fourth-order valence-electron chi connectivity index (χ4n) is 3.76. The third kappa shape index (κ3) is 3.67. The first kappa shape index (κ1) is 16.7. The van der Waals surface area contributed by atoms with Gasteiger partial charge < -0.3 is 15.0 Å². The largest absolute Gasteiger partial charge is 0.376 e. The number of carbonyl (C=O) groups excluding carboxylic acids is 1. The van der Waals surface area contributed by atoms with Crippen molar-refractivity contribution in [3.8, 4) is 0 Å². The highest BCUT2D eigenvalue weighted by molar-refractivity contribution is 5.91. The van der Waals surface area contributed by atoms with E-state index >= 15 is 0 Å². The van der Waals surface area contributed by atoms with Gasteiger partial charge in [0.05, 0.1) is 18.1 Å². The summed E-state index contributed by atoms with van der Waals surface area (Å²) in [6.45, 7) is 5.67. The van der Waals surface area contributed by atoms with E-state index < -0.39 is 0 Å². The summed E-state index contributed by atoms with van der Waals surface area (Å²) in [5.41, 5.74) is 1.71. The SMILES string of the molecule is CC1(C)C[C@](CCNC(=O)c2cnc[nH]2)(c2ccccc2)CCO1. The van der Waals surface area contributed by atoms with Crippen molar-refractivity contribution in [1.29, 1.82) is 0 Å². The number of nitrogens with zero attached hydrogens (tertiary/aromatic N) is 1. The van der Waals surface area contributed by atoms with Gasteiger partial charge in [-0.05, 0) is 38.7 Å². The molecule has 1 atom stereocenters. The van der Waals surface area contributed by atoms with Crippen LogP contribution in [-0.2, 0) is 10.2 Å². The lowest BCUT2D eigenvalue weighted by Crippen LogP contribution is -2.45. The standard InChI is InChI=1S/C19H25N3O2/c1-18(2)13-19(9-11-24-18,15-6-4-3-5-7-15)8-10-21-17(23)16-12-20-14-22-16/h3-7,12,14H,8-11,13H2,1-2H3,(H,20,22)(H,21,23)/t19-/m1/s1. The number of imidazole rings is 1. The van der Waals surface area contributed by atoms with Crippen LogP contribution in [0.25, 0.3) is 0 Å². The number of aromatic amines is 1. The lowest BCUT2D eigenvalue weighted by Gasteiger charge is -2.45. The van der Waals surface area contributed by atoms with E-state index in [1.807, 2.05) is 6.07 Å². The minimum absolute atomic E-state index is 0.0320. The van der Waals surface area contributed by atoms with Crippen LogP contribution in [0.5, 0.6) is 0 Å². The van der Waals surface area contributed by atoms with E-state index in [2.05, 4.69) is 53.4 Å². The normalized spacial score (nSPS) is 22.9. The molecule has 1 saturated heterocycles. The Morgan fingerprint density at radius 3 is 2.79 bits per heavy atom. The van der Waals surface area contributed by atoms with E-state index in [0.29, 0.717) is 12.2 Å². The summed E-state index contributed by atoms with van der Waals surface area (Å²) < 4.78 is 5.93. The molecule has 24 heavy (non-hydrogen) atoms. The molecule has 0 saturated carbocycles. The highest BCUT2D eigenvalue weighted by Crippen LogP contribution is 2.43. The summed E-state index contributed by atoms with van der Waals surface area (Å²) in [5, 5.41) is 3.00. The lowest BCUT2D eigenvalue weighted by atomic mass is 9.67. The van der Waals surface area contributed by atoms with Gasteiger partial charge in [-0.15, -0.1) is 0 Å². The van der Waals surface area contributed by atoms with Gasteiger partial charge in [0, 0.05) is 18.6 Å². The molecule has 0 aliphatic carbocycles. The lowest BCUT2D eigenvalue weighted by molar-refractivity contribution is -0.0838. The fraction of sp³-hybridized carbons (Fsp3) is 0.474. The molecule has 3 rings (SSSR count). The van der Waals surface area contributed by atoms with Gasteiger partial charge in [-0.1, -0.05) is 30.3 Å². The molecule has 2 heterocycles. The highest BCUT2D eigenvalue weighted by atomic mass is 16.5. The Hall–Kier alpha value is -2.14. The molecule has 128 valence electrons. The van der Waals surface area contributed by atoms with Crippen LogP contribution in [0.2, 0.25) is 0 Å². The molecule has 0 unspecified atom stereocenters. The first-order valence-corrected chi connectivity index (χ1v) is 8.47. The van der Waals surface area contributed by atoms with Gasteiger partial charge in [-0.3, -0.25) is 4.79 Å². The number of H-pyrrole nitrogens is 1. The van der Waals surface area contributed by atoms with E-state index in [0.717, 1.165) is 25.9 Å². The topological polar surface area (TPSA) is 67.0 Å². The van der Waals surface area contributed by atoms with Crippen molar-refractivity contribution in [3.63, 3.8) is 0 Å². The van der Waals surface area contributed by atoms with E-state index in [1.165, 1.54) is 11.9 Å². The summed E-state index contributed by atoms with van der Waals surface area (Å²) in [5.74, 6) is -0.109. The molecule has 1 amide bonds. The Morgan fingerprint density at radius 1 is 1.33 bits per heavy atom. The zero-order valence-corrected chi connectivity index (χ0v) is 14.3. The van der Waals surface area contributed by atoms with Crippen molar-refractivity contribution >= 4 is 5.91 Å². The second kappa shape index (κ2) is 6.77. The maximum atomic E-state index is 12.1. The number of ether oxygens (including phenoxy) is 1. The van der Waals surface area contributed by atoms with E-state index in [-0.39, 0.29) is 16.9 Å². The third-order valence-corrected chi connectivity index (χ3v) is 4.86. The van der Waals surface area contributed by atoms with Crippen LogP contribution in [0, 0.1) is 0 Å². The van der Waals surface area contributed by atoms with Crippen molar-refractivity contribution in [1.82, 2.24) is 15.3 Å². The number of carbonyl (C=O) groups is 1. The molecule has 2 aromatic rings. The van der Waals surface area contributed by atoms with Crippen LogP contribution >= 0.6 is 0 Å². The second-order valence-corrected chi connectivity index (χ2v) is 7.15. The van der Waals surface area contributed by atoms with Gasteiger partial charge in [0.25, 0.3) is 5.91 Å². The molecule has 0 radical (unpaired) electrons. The minimum atomic E-state index is -0.151. The number of amides is 1. The molecule has 1 aromatic heterocycles. The third-order valence-electron chi connectivity index (χ3n) is 4.86. The molecule has 0 spiro atoms. The quantitative estimate of drug-likeness (QED) is 0.887. The Bertz CT molecular complexity index is 667. The molecule has 1 aliphatic heterocycles. The Balaban J connectivity index is 1.72. The summed E-state index contributed by atoms with van der Waals surface area (Å²) in [6.07, 6.45) is 5.87. The average molecular weight is 327 g/mol. The smallest absolute Gasteiger partial charge is 0.269 e. The van der Waals surface area contributed by atoms with Crippen molar-refractivity contribution in [3.05, 3.63) is 54.1 Å². The number of hydrogen-bond acceptors (Lipinski definition) is 3. The van der Waals surface area contributed by atoms with E-state index in [1.54, 1.807) is 6.20 Å². The van der Waals surface area contributed by atoms with Crippen LogP contribution in [-0.4, -0.2) is 34.6 Å². The summed E-state index contributed by atoms with van der Waals surface area (Å²) in [4.78, 5) is 18.8. The van der Waals surface area contributed by atoms with Crippen LogP contribution in [0.1, 0.15) is 49.2 Å². The van der Waals surface area contributed by atoms with Gasteiger partial charge in [0.1, 0.15) is 5.69 Å². The molecule has 5 heteroatoms. The molecule has 1 fully saturated rings.